The number of carbonyl (C=O) groups is 4. The molecule has 4 aliphatic heterocycles. The molecule has 0 radical (unpaired) electrons. The number of urea groups is 2. The highest BCUT2D eigenvalue weighted by Gasteiger charge is 2.63. The number of amides is 6. The number of ether oxygens (including phenoxy) is 4. The van der Waals surface area contributed by atoms with Gasteiger partial charge in [0.05, 0.1) is 99.3 Å². The van der Waals surface area contributed by atoms with E-state index in [1.165, 1.54) is 37.9 Å². The predicted octanol–water partition coefficient (Wildman–Crippen LogP) is 12.9. The Kier molecular flexibility index (Phi) is 21.6. The SMILES string of the molecule is COc1ccc(CN2C(=O)N(CCO)C3(CC[C@@](CO[C@H](C)c4cc(C(F)(F)F)cc(C(F)(F)F)c4)(c4ccccc4)N(C)C3)C2=O)cc1.COc1ccc(CN2C(=O)N(CCO)C3(CC[C@@](CO[C@H](C)c4cc(C(F)(F)F)cc(C(F)(F)F)c4)(c4ccccc4)NC3)C2=O)cc1. The maximum absolute atomic E-state index is 14.2. The van der Waals surface area contributed by atoms with E-state index in [0.717, 1.165) is 15.4 Å². The van der Waals surface area contributed by atoms with E-state index in [-0.39, 0.29) is 108 Å². The van der Waals surface area contributed by atoms with Crippen molar-refractivity contribution in [3.8, 4) is 11.5 Å². The summed E-state index contributed by atoms with van der Waals surface area (Å²) in [5.41, 5.74) is -8.18. The summed E-state index contributed by atoms with van der Waals surface area (Å²) in [4.78, 5) is 62.4. The molecule has 0 aromatic heterocycles. The number of likely N-dealkylation sites (N-methyl/N-ethyl adjacent to an activating group) is 1. The fourth-order valence-electron chi connectivity index (χ4n) is 13.2. The Morgan fingerprint density at radius 3 is 1.25 bits per heavy atom. The van der Waals surface area contributed by atoms with E-state index in [1.54, 1.807) is 104 Å². The Bertz CT molecular complexity index is 3680. The first-order valence-corrected chi connectivity index (χ1v) is 30.8. The van der Waals surface area contributed by atoms with Crippen LogP contribution in [0.25, 0.3) is 0 Å². The number of imide groups is 2. The average Bonchev–Trinajstić information content (AvgIpc) is 1.60. The molecule has 0 bridgehead atoms. The summed E-state index contributed by atoms with van der Waals surface area (Å²) >= 11 is 0. The minimum Gasteiger partial charge on any atom is -0.497 e. The minimum atomic E-state index is -5.01. The van der Waals surface area contributed by atoms with Crippen molar-refractivity contribution in [2.24, 2.45) is 0 Å². The van der Waals surface area contributed by atoms with Crippen LogP contribution in [0.2, 0.25) is 0 Å². The smallest absolute Gasteiger partial charge is 0.416 e. The van der Waals surface area contributed by atoms with Gasteiger partial charge >= 0.3 is 36.8 Å². The van der Waals surface area contributed by atoms with E-state index in [9.17, 15) is 82.1 Å². The van der Waals surface area contributed by atoms with Crippen molar-refractivity contribution in [2.45, 2.75) is 112 Å². The lowest BCUT2D eigenvalue weighted by Crippen LogP contribution is -2.65. The first-order chi connectivity index (χ1) is 45.7. The molecule has 10 rings (SSSR count). The highest BCUT2D eigenvalue weighted by Crippen LogP contribution is 2.48. The fourth-order valence-corrected chi connectivity index (χ4v) is 13.2. The van der Waals surface area contributed by atoms with Crippen LogP contribution in [-0.2, 0) is 67.9 Å². The molecule has 3 N–H and O–H groups in total. The van der Waals surface area contributed by atoms with Gasteiger partial charge in [0, 0.05) is 26.2 Å². The van der Waals surface area contributed by atoms with Crippen LogP contribution in [0.15, 0.2) is 146 Å². The van der Waals surface area contributed by atoms with Crippen molar-refractivity contribution in [1.29, 1.82) is 0 Å². The first kappa shape index (κ1) is 73.0. The van der Waals surface area contributed by atoms with Crippen LogP contribution in [0.4, 0.5) is 62.3 Å². The van der Waals surface area contributed by atoms with Crippen LogP contribution in [0.3, 0.4) is 0 Å². The number of likely N-dealkylation sites (tertiary alicyclic amines) is 1. The molecule has 4 fully saturated rings. The second-order valence-corrected chi connectivity index (χ2v) is 24.5. The van der Waals surface area contributed by atoms with Crippen molar-refractivity contribution in [3.05, 3.63) is 201 Å². The lowest BCUT2D eigenvalue weighted by atomic mass is 9.74. The normalized spacial score (nSPS) is 22.5. The topological polar surface area (TPSA) is 174 Å². The summed E-state index contributed by atoms with van der Waals surface area (Å²) in [6.07, 6.45) is -21.7. The van der Waals surface area contributed by atoms with Crippen LogP contribution in [0.1, 0.15) is 107 Å². The fraction of sp³-hybridized carbons (Fsp3) is 0.420. The molecule has 28 heteroatoms. The molecule has 6 atom stereocenters. The number of β-amino-alcohol motifs (C(OH)–C–C–N with tert-alkyl or cyclic N) is 2. The Hall–Kier alpha value is -8.28. The summed E-state index contributed by atoms with van der Waals surface area (Å²) < 4.78 is 185. The zero-order valence-corrected chi connectivity index (χ0v) is 53.3. The van der Waals surface area contributed by atoms with Gasteiger partial charge < -0.3 is 44.3 Å². The number of alkyl halides is 12. The van der Waals surface area contributed by atoms with E-state index in [2.05, 4.69) is 5.32 Å². The molecule has 16 nitrogen and oxygen atoms in total. The largest absolute Gasteiger partial charge is 0.497 e. The second-order valence-electron chi connectivity index (χ2n) is 24.5. The van der Waals surface area contributed by atoms with Gasteiger partial charge in [-0.2, -0.15) is 52.7 Å². The Morgan fingerprint density at radius 2 is 0.876 bits per heavy atom. The number of piperidine rings is 2. The van der Waals surface area contributed by atoms with Crippen LogP contribution in [0.5, 0.6) is 11.5 Å². The summed E-state index contributed by atoms with van der Waals surface area (Å²) in [5.74, 6) is 0.324. The molecule has 0 aliphatic carbocycles. The Balaban J connectivity index is 0.000000227. The van der Waals surface area contributed by atoms with Gasteiger partial charge in [-0.15, -0.1) is 0 Å². The second kappa shape index (κ2) is 28.7. The van der Waals surface area contributed by atoms with Crippen LogP contribution in [0, 0.1) is 0 Å². The maximum atomic E-state index is 14.2. The summed E-state index contributed by atoms with van der Waals surface area (Å²) in [5, 5.41) is 23.1. The highest BCUT2D eigenvalue weighted by molar-refractivity contribution is 6.08. The number of benzene rings is 6. The summed E-state index contributed by atoms with van der Waals surface area (Å²) in [6, 6.07) is 33.4. The number of aliphatic hydroxyl groups excluding tert-OH is 2. The molecule has 4 aliphatic rings. The third kappa shape index (κ3) is 15.2. The lowest BCUT2D eigenvalue weighted by molar-refractivity contribution is -0.145. The standard InChI is InChI=1S/C35H37F6N3O5.C34H35F6N3O5/c1-23(25-17-27(34(36,37)38)19-28(18-25)35(39,40)41)49-22-33(26-7-5-4-6-8-26)14-13-32(21-42(33)2)30(46)43(31(47)44(32)15-16-45)20-24-9-11-29(48-3)12-10-24;1-22(24-16-26(33(35,36)37)18-27(17-24)34(38,39)40)48-21-31(25-6-4-3-5-7-25)12-13-32(20-41-31)29(45)42(30(46)43(32)14-15-44)19-23-8-10-28(47-2)11-9-23/h4-12,17-19,23,45H,13-16,20-22H2,1-3H3;3-11,16-18,22,41,44H,12-15,19-21H2,1-2H3/t23-,32?,33-;22-,31-,32?/m11/s1. The molecular weight excluding hydrogens is 1300 g/mol. The zero-order chi connectivity index (χ0) is 70.7. The maximum Gasteiger partial charge on any atom is 0.416 e. The lowest BCUT2D eigenvalue weighted by Gasteiger charge is -2.52. The van der Waals surface area contributed by atoms with Gasteiger partial charge in [0.25, 0.3) is 11.8 Å². The molecule has 0 saturated carbocycles. The Morgan fingerprint density at radius 1 is 0.495 bits per heavy atom. The molecule has 6 aromatic rings. The monoisotopic (exact) mass is 1370 g/mol. The number of nitrogens with one attached hydrogen (secondary N) is 1. The van der Waals surface area contributed by atoms with Crippen molar-refractivity contribution in [1.82, 2.24) is 29.8 Å². The number of halogens is 12. The molecule has 6 amide bonds. The zero-order valence-electron chi connectivity index (χ0n) is 53.3. The number of carbonyl (C=O) groups excluding carboxylic acids is 4. The molecule has 4 saturated heterocycles. The average molecular weight is 1370 g/mol. The molecule has 2 spiro atoms. The minimum absolute atomic E-state index is 0.00356. The van der Waals surface area contributed by atoms with Crippen molar-refractivity contribution < 1.29 is 101 Å². The van der Waals surface area contributed by atoms with Gasteiger partial charge in [-0.25, -0.2) is 9.59 Å². The molecule has 97 heavy (non-hydrogen) atoms. The van der Waals surface area contributed by atoms with Gasteiger partial charge in [0.15, 0.2) is 0 Å². The molecule has 2 unspecified atom stereocenters. The van der Waals surface area contributed by atoms with Crippen molar-refractivity contribution in [3.63, 3.8) is 0 Å². The van der Waals surface area contributed by atoms with Crippen LogP contribution in [-0.4, -0.2) is 144 Å². The van der Waals surface area contributed by atoms with Crippen LogP contribution < -0.4 is 14.8 Å². The summed E-state index contributed by atoms with van der Waals surface area (Å²) in [7, 11) is 4.77. The molecular formula is C69H72F12N6O10. The number of rotatable bonds is 20. The van der Waals surface area contributed by atoms with E-state index >= 15 is 0 Å². The third-order valence-corrected chi connectivity index (χ3v) is 18.7. The van der Waals surface area contributed by atoms with Gasteiger partial charge in [-0.1, -0.05) is 84.9 Å². The number of hydrogen-bond donors (Lipinski definition) is 3. The van der Waals surface area contributed by atoms with Gasteiger partial charge in [-0.05, 0) is 141 Å². The third-order valence-electron chi connectivity index (χ3n) is 18.7. The first-order valence-electron chi connectivity index (χ1n) is 30.8. The number of hydrogen-bond acceptors (Lipinski definition) is 12. The quantitative estimate of drug-likeness (QED) is 0.0488. The Labute approximate surface area is 551 Å². The van der Waals surface area contributed by atoms with Gasteiger partial charge in [-0.3, -0.25) is 24.3 Å². The number of nitrogens with zero attached hydrogens (tertiary/aromatic N) is 5. The van der Waals surface area contributed by atoms with Crippen molar-refractivity contribution in [2.75, 3.05) is 73.9 Å². The van der Waals surface area contributed by atoms with Gasteiger partial charge in [0.1, 0.15) is 22.6 Å². The molecule has 6 aromatic carbocycles. The predicted molar refractivity (Wildman–Crippen MR) is 328 cm³/mol. The van der Waals surface area contributed by atoms with Crippen LogP contribution >= 0.6 is 0 Å². The number of methoxy groups -OCH3 is 2. The van der Waals surface area contributed by atoms with E-state index < -0.39 is 112 Å². The molecule has 4 heterocycles. The summed E-state index contributed by atoms with van der Waals surface area (Å²) in [6.45, 7) is 1.41. The van der Waals surface area contributed by atoms with E-state index in [0.29, 0.717) is 52.5 Å². The number of aliphatic hydroxyl groups is 2. The molecule has 522 valence electrons. The highest BCUT2D eigenvalue weighted by atomic mass is 19.4. The van der Waals surface area contributed by atoms with Gasteiger partial charge in [0.2, 0.25) is 0 Å². The van der Waals surface area contributed by atoms with Crippen molar-refractivity contribution >= 4 is 23.9 Å². The van der Waals surface area contributed by atoms with E-state index in [4.69, 9.17) is 18.9 Å². The van der Waals surface area contributed by atoms with E-state index in [1.807, 2.05) is 17.0 Å².